The van der Waals surface area contributed by atoms with Crippen LogP contribution in [-0.2, 0) is 0 Å². The first-order valence-corrected chi connectivity index (χ1v) is 8.71. The van der Waals surface area contributed by atoms with Gasteiger partial charge >= 0.3 is 0 Å². The SMILES string of the molecule is CCC1CCCC(CN)(C(O)(CC(C)C)CC(C)C)C1. The fourth-order valence-corrected chi connectivity index (χ4v) is 4.50. The van der Waals surface area contributed by atoms with Gasteiger partial charge in [0.1, 0.15) is 0 Å². The van der Waals surface area contributed by atoms with Gasteiger partial charge in [-0.2, -0.15) is 0 Å². The predicted molar refractivity (Wildman–Crippen MR) is 87.6 cm³/mol. The molecule has 1 rings (SSSR count). The van der Waals surface area contributed by atoms with Gasteiger partial charge in [0.25, 0.3) is 0 Å². The Morgan fingerprint density at radius 3 is 2.15 bits per heavy atom. The van der Waals surface area contributed by atoms with E-state index in [-0.39, 0.29) is 5.41 Å². The first-order chi connectivity index (χ1) is 9.28. The summed E-state index contributed by atoms with van der Waals surface area (Å²) in [6.07, 6.45) is 7.77. The molecule has 0 aromatic heterocycles. The fraction of sp³-hybridized carbons (Fsp3) is 1.00. The van der Waals surface area contributed by atoms with E-state index >= 15 is 0 Å². The lowest BCUT2D eigenvalue weighted by molar-refractivity contribution is -0.132. The van der Waals surface area contributed by atoms with E-state index in [1.54, 1.807) is 0 Å². The first kappa shape index (κ1) is 18.0. The van der Waals surface area contributed by atoms with E-state index in [2.05, 4.69) is 34.6 Å². The van der Waals surface area contributed by atoms with Crippen molar-refractivity contribution in [1.82, 2.24) is 0 Å². The van der Waals surface area contributed by atoms with Crippen molar-refractivity contribution in [1.29, 1.82) is 0 Å². The summed E-state index contributed by atoms with van der Waals surface area (Å²) in [5.74, 6) is 1.78. The van der Waals surface area contributed by atoms with Gasteiger partial charge in [0.05, 0.1) is 5.60 Å². The molecule has 0 bridgehead atoms. The molecule has 3 N–H and O–H groups in total. The number of rotatable bonds is 7. The van der Waals surface area contributed by atoms with Crippen LogP contribution in [-0.4, -0.2) is 17.3 Å². The number of aliphatic hydroxyl groups is 1. The van der Waals surface area contributed by atoms with Crippen LogP contribution in [0.2, 0.25) is 0 Å². The Bertz CT molecular complexity index is 277. The van der Waals surface area contributed by atoms with Crippen LogP contribution in [0.25, 0.3) is 0 Å². The molecule has 2 heteroatoms. The van der Waals surface area contributed by atoms with Crippen LogP contribution < -0.4 is 5.73 Å². The van der Waals surface area contributed by atoms with Gasteiger partial charge in [-0.05, 0) is 43.4 Å². The Hall–Kier alpha value is -0.0800. The molecule has 1 fully saturated rings. The zero-order chi connectivity index (χ0) is 15.4. The summed E-state index contributed by atoms with van der Waals surface area (Å²) in [6.45, 7) is 11.8. The van der Waals surface area contributed by atoms with Crippen LogP contribution in [0.5, 0.6) is 0 Å². The maximum absolute atomic E-state index is 11.6. The molecule has 0 heterocycles. The second-order valence-corrected chi connectivity index (χ2v) is 8.08. The lowest BCUT2D eigenvalue weighted by atomic mass is 9.56. The molecular formula is C18H37NO. The van der Waals surface area contributed by atoms with Gasteiger partial charge < -0.3 is 10.8 Å². The molecule has 2 unspecified atom stereocenters. The zero-order valence-electron chi connectivity index (χ0n) is 14.4. The summed E-state index contributed by atoms with van der Waals surface area (Å²) in [4.78, 5) is 0. The normalized spacial score (nSPS) is 28.4. The van der Waals surface area contributed by atoms with E-state index in [4.69, 9.17) is 5.73 Å². The summed E-state index contributed by atoms with van der Waals surface area (Å²) in [6, 6.07) is 0. The van der Waals surface area contributed by atoms with Crippen molar-refractivity contribution in [2.75, 3.05) is 6.54 Å². The highest BCUT2D eigenvalue weighted by Gasteiger charge is 2.51. The molecule has 0 aliphatic heterocycles. The molecule has 2 nitrogen and oxygen atoms in total. The molecule has 0 aromatic rings. The van der Waals surface area contributed by atoms with Gasteiger partial charge in [0.15, 0.2) is 0 Å². The average Bonchev–Trinajstić information content (AvgIpc) is 2.36. The lowest BCUT2D eigenvalue weighted by Gasteiger charge is -2.52. The van der Waals surface area contributed by atoms with Crippen LogP contribution in [0.4, 0.5) is 0 Å². The highest BCUT2D eigenvalue weighted by Crippen LogP contribution is 2.51. The van der Waals surface area contributed by atoms with Gasteiger partial charge in [-0.1, -0.05) is 53.9 Å². The highest BCUT2D eigenvalue weighted by molar-refractivity contribution is 5.03. The molecule has 1 saturated carbocycles. The Kier molecular flexibility index (Phi) is 6.53. The van der Waals surface area contributed by atoms with Crippen molar-refractivity contribution < 1.29 is 5.11 Å². The van der Waals surface area contributed by atoms with Crippen LogP contribution >= 0.6 is 0 Å². The number of hydrogen-bond acceptors (Lipinski definition) is 2. The van der Waals surface area contributed by atoms with Gasteiger partial charge in [-0.15, -0.1) is 0 Å². The molecule has 1 aliphatic carbocycles. The summed E-state index contributed by atoms with van der Waals surface area (Å²) in [5.41, 5.74) is 5.59. The molecule has 0 saturated heterocycles. The minimum absolute atomic E-state index is 0.0551. The zero-order valence-corrected chi connectivity index (χ0v) is 14.4. The van der Waals surface area contributed by atoms with E-state index in [1.807, 2.05) is 0 Å². The summed E-state index contributed by atoms with van der Waals surface area (Å²) in [7, 11) is 0. The molecule has 0 spiro atoms. The molecule has 0 radical (unpaired) electrons. The van der Waals surface area contributed by atoms with Gasteiger partial charge in [0, 0.05) is 12.0 Å². The van der Waals surface area contributed by atoms with Crippen molar-refractivity contribution in [2.45, 2.75) is 85.2 Å². The van der Waals surface area contributed by atoms with Crippen molar-refractivity contribution >= 4 is 0 Å². The third kappa shape index (κ3) is 3.98. The molecule has 120 valence electrons. The summed E-state index contributed by atoms with van der Waals surface area (Å²) in [5, 5.41) is 11.6. The van der Waals surface area contributed by atoms with Gasteiger partial charge in [0.2, 0.25) is 0 Å². The smallest absolute Gasteiger partial charge is 0.0720 e. The third-order valence-corrected chi connectivity index (χ3v) is 5.39. The lowest BCUT2D eigenvalue weighted by Crippen LogP contribution is -2.56. The fourth-order valence-electron chi connectivity index (χ4n) is 4.50. The van der Waals surface area contributed by atoms with Crippen LogP contribution in [0, 0.1) is 23.2 Å². The van der Waals surface area contributed by atoms with E-state index in [0.29, 0.717) is 18.4 Å². The Morgan fingerprint density at radius 1 is 1.20 bits per heavy atom. The van der Waals surface area contributed by atoms with Gasteiger partial charge in [-0.3, -0.25) is 0 Å². The molecular weight excluding hydrogens is 246 g/mol. The van der Waals surface area contributed by atoms with Crippen LogP contribution in [0.1, 0.15) is 79.6 Å². The van der Waals surface area contributed by atoms with Crippen LogP contribution in [0.15, 0.2) is 0 Å². The summed E-state index contributed by atoms with van der Waals surface area (Å²) < 4.78 is 0. The number of hydrogen-bond donors (Lipinski definition) is 2. The van der Waals surface area contributed by atoms with Crippen molar-refractivity contribution in [3.63, 3.8) is 0 Å². The minimum Gasteiger partial charge on any atom is -0.389 e. The second kappa shape index (κ2) is 7.26. The maximum Gasteiger partial charge on any atom is 0.0720 e. The van der Waals surface area contributed by atoms with E-state index < -0.39 is 5.60 Å². The standard InChI is InChI=1S/C18H37NO/c1-6-16-8-7-9-17(12-16,13-19)18(20,10-14(2)3)11-15(4)5/h14-16,20H,6-13,19H2,1-5H3. The minimum atomic E-state index is -0.585. The van der Waals surface area contributed by atoms with E-state index in [0.717, 1.165) is 31.6 Å². The summed E-state index contributed by atoms with van der Waals surface area (Å²) >= 11 is 0. The third-order valence-electron chi connectivity index (χ3n) is 5.39. The average molecular weight is 284 g/mol. The largest absolute Gasteiger partial charge is 0.389 e. The Morgan fingerprint density at radius 2 is 1.75 bits per heavy atom. The molecule has 20 heavy (non-hydrogen) atoms. The maximum atomic E-state index is 11.6. The Balaban J connectivity index is 3.05. The van der Waals surface area contributed by atoms with E-state index in [1.165, 1.54) is 19.3 Å². The highest BCUT2D eigenvalue weighted by atomic mass is 16.3. The topological polar surface area (TPSA) is 46.2 Å². The molecule has 0 aromatic carbocycles. The van der Waals surface area contributed by atoms with Crippen molar-refractivity contribution in [3.05, 3.63) is 0 Å². The van der Waals surface area contributed by atoms with Crippen molar-refractivity contribution in [3.8, 4) is 0 Å². The molecule has 0 amide bonds. The molecule has 1 aliphatic rings. The van der Waals surface area contributed by atoms with Crippen molar-refractivity contribution in [2.24, 2.45) is 28.9 Å². The second-order valence-electron chi connectivity index (χ2n) is 8.08. The monoisotopic (exact) mass is 283 g/mol. The first-order valence-electron chi connectivity index (χ1n) is 8.71. The Labute approximate surface area is 126 Å². The van der Waals surface area contributed by atoms with Crippen LogP contribution in [0.3, 0.4) is 0 Å². The van der Waals surface area contributed by atoms with Gasteiger partial charge in [-0.25, -0.2) is 0 Å². The quantitative estimate of drug-likeness (QED) is 0.729. The molecule has 2 atom stereocenters. The van der Waals surface area contributed by atoms with E-state index in [9.17, 15) is 5.11 Å². The number of nitrogens with two attached hydrogens (primary N) is 1. The predicted octanol–water partition coefficient (Wildman–Crippen LogP) is 4.36.